The molecule has 0 saturated heterocycles. The fraction of sp³-hybridized carbons (Fsp3) is 0.0417. The first-order valence-electron chi connectivity index (χ1n) is 10.4. The van der Waals surface area contributed by atoms with Crippen LogP contribution in [0.4, 0.5) is 10.5 Å². The number of amides is 2. The molecule has 3 aromatic carbocycles. The lowest BCUT2D eigenvalue weighted by Gasteiger charge is -2.10. The van der Waals surface area contributed by atoms with Crippen LogP contribution in [0, 0.1) is 6.92 Å². The summed E-state index contributed by atoms with van der Waals surface area (Å²) in [6, 6.07) is 18.9. The van der Waals surface area contributed by atoms with E-state index in [0.717, 1.165) is 26.0 Å². The third-order valence-corrected chi connectivity index (χ3v) is 8.68. The van der Waals surface area contributed by atoms with Gasteiger partial charge in [0.1, 0.15) is 4.21 Å². The monoisotopic (exact) mass is 506 g/mol. The van der Waals surface area contributed by atoms with Gasteiger partial charge in [-0.3, -0.25) is 4.79 Å². The molecule has 2 amide bonds. The molecule has 5 rings (SSSR count). The summed E-state index contributed by atoms with van der Waals surface area (Å²) in [5, 5.41) is 3.63. The Balaban J connectivity index is 1.37. The number of thiophene rings is 1. The Bertz CT molecular complexity index is 1830. The van der Waals surface area contributed by atoms with Crippen LogP contribution in [0.3, 0.4) is 0 Å². The highest BCUT2D eigenvalue weighted by Gasteiger charge is 2.24. The number of aryl methyl sites for hydroxylation is 1. The van der Waals surface area contributed by atoms with Crippen molar-refractivity contribution in [2.75, 3.05) is 5.32 Å². The Morgan fingerprint density at radius 2 is 1.57 bits per heavy atom. The van der Waals surface area contributed by atoms with Crippen molar-refractivity contribution in [2.24, 2.45) is 0 Å². The molecule has 35 heavy (non-hydrogen) atoms. The van der Waals surface area contributed by atoms with Crippen molar-refractivity contribution in [1.82, 2.24) is 14.3 Å². The standard InChI is InChI=1S/C24H18N4O5S2/c1-14-17-6-3-5-9-20(17)34-22(14)35(32,33)27-23(30)25-15-10-12-16(13-11-15)28-21(29)18-7-2-4-8-19(18)26-24(28)31/h2-13H,1H3,(H,26,31)(H2,25,27,30). The van der Waals surface area contributed by atoms with Gasteiger partial charge in [0.2, 0.25) is 0 Å². The lowest BCUT2D eigenvalue weighted by atomic mass is 10.2. The number of H-pyrrole nitrogens is 1. The maximum Gasteiger partial charge on any atom is 0.333 e. The summed E-state index contributed by atoms with van der Waals surface area (Å²) in [6.45, 7) is 1.69. The highest BCUT2D eigenvalue weighted by molar-refractivity contribution is 7.92. The minimum atomic E-state index is -4.09. The summed E-state index contributed by atoms with van der Waals surface area (Å²) >= 11 is 1.09. The van der Waals surface area contributed by atoms with Crippen LogP contribution in [-0.4, -0.2) is 24.0 Å². The number of nitrogens with one attached hydrogen (secondary N) is 3. The Morgan fingerprint density at radius 3 is 2.29 bits per heavy atom. The molecule has 5 aromatic rings. The summed E-state index contributed by atoms with van der Waals surface area (Å²) in [6.07, 6.45) is 0. The second-order valence-electron chi connectivity index (χ2n) is 7.73. The molecule has 176 valence electrons. The number of carbonyl (C=O) groups excluding carboxylic acids is 1. The molecule has 0 radical (unpaired) electrons. The number of benzene rings is 3. The van der Waals surface area contributed by atoms with Crippen LogP contribution in [0.25, 0.3) is 26.7 Å². The van der Waals surface area contributed by atoms with E-state index in [1.807, 2.05) is 29.0 Å². The largest absolute Gasteiger partial charge is 0.333 e. The number of para-hydroxylation sites is 1. The van der Waals surface area contributed by atoms with E-state index in [-0.39, 0.29) is 9.90 Å². The predicted molar refractivity (Wildman–Crippen MR) is 136 cm³/mol. The molecule has 9 nitrogen and oxygen atoms in total. The van der Waals surface area contributed by atoms with Crippen molar-refractivity contribution < 1.29 is 13.2 Å². The molecule has 2 aromatic heterocycles. The van der Waals surface area contributed by atoms with E-state index in [0.29, 0.717) is 22.2 Å². The molecular weight excluding hydrogens is 488 g/mol. The maximum absolute atomic E-state index is 12.8. The lowest BCUT2D eigenvalue weighted by molar-refractivity contribution is 0.256. The van der Waals surface area contributed by atoms with Gasteiger partial charge in [0.25, 0.3) is 15.6 Å². The summed E-state index contributed by atoms with van der Waals surface area (Å²) < 4.78 is 29.5. The van der Waals surface area contributed by atoms with Gasteiger partial charge in [0.05, 0.1) is 16.6 Å². The molecule has 0 fully saturated rings. The number of fused-ring (bicyclic) bond motifs is 2. The van der Waals surface area contributed by atoms with E-state index in [2.05, 4.69) is 10.3 Å². The quantitative estimate of drug-likeness (QED) is 0.342. The van der Waals surface area contributed by atoms with E-state index in [9.17, 15) is 22.8 Å². The molecule has 0 atom stereocenters. The lowest BCUT2D eigenvalue weighted by Crippen LogP contribution is -2.34. The van der Waals surface area contributed by atoms with Gasteiger partial charge in [0, 0.05) is 10.4 Å². The molecule has 2 heterocycles. The summed E-state index contributed by atoms with van der Waals surface area (Å²) in [5.41, 5.74) is 0.496. The number of hydrogen-bond acceptors (Lipinski definition) is 6. The van der Waals surface area contributed by atoms with Gasteiger partial charge in [-0.15, -0.1) is 11.3 Å². The van der Waals surface area contributed by atoms with Crippen LogP contribution in [0.2, 0.25) is 0 Å². The highest BCUT2D eigenvalue weighted by atomic mass is 32.2. The first-order valence-corrected chi connectivity index (χ1v) is 12.7. The molecule has 0 unspecified atom stereocenters. The van der Waals surface area contributed by atoms with Crippen LogP contribution in [0.1, 0.15) is 5.56 Å². The minimum Gasteiger partial charge on any atom is -0.307 e. The summed E-state index contributed by atoms with van der Waals surface area (Å²) in [5.74, 6) is 0. The minimum absolute atomic E-state index is 0.0686. The SMILES string of the molecule is Cc1c(S(=O)(=O)NC(=O)Nc2ccc(-n3c(=O)[nH]c4ccccc4c3=O)cc2)sc2ccccc12. The number of sulfonamides is 1. The van der Waals surface area contributed by atoms with Crippen molar-refractivity contribution in [3.8, 4) is 5.69 Å². The summed E-state index contributed by atoms with van der Waals surface area (Å²) in [4.78, 5) is 40.3. The van der Waals surface area contributed by atoms with Gasteiger partial charge in [-0.2, -0.15) is 0 Å². The van der Waals surface area contributed by atoms with Gasteiger partial charge in [-0.05, 0) is 60.3 Å². The number of aromatic amines is 1. The molecule has 11 heteroatoms. The Kier molecular flexibility index (Phi) is 5.50. The number of carbonyl (C=O) groups is 1. The number of anilines is 1. The van der Waals surface area contributed by atoms with Gasteiger partial charge in [-0.1, -0.05) is 30.3 Å². The third-order valence-electron chi connectivity index (χ3n) is 5.46. The van der Waals surface area contributed by atoms with Crippen LogP contribution < -0.4 is 21.3 Å². The van der Waals surface area contributed by atoms with Gasteiger partial charge < -0.3 is 10.3 Å². The second kappa shape index (κ2) is 8.53. The second-order valence-corrected chi connectivity index (χ2v) is 10.7. The predicted octanol–water partition coefficient (Wildman–Crippen LogP) is 3.71. The third kappa shape index (κ3) is 4.11. The highest BCUT2D eigenvalue weighted by Crippen LogP contribution is 2.33. The Labute approximate surface area is 202 Å². The van der Waals surface area contributed by atoms with E-state index < -0.39 is 27.3 Å². The Hall–Kier alpha value is -4.22. The summed E-state index contributed by atoms with van der Waals surface area (Å²) in [7, 11) is -4.09. The molecule has 0 aliphatic rings. The molecule has 0 bridgehead atoms. The number of hydrogen-bond donors (Lipinski definition) is 3. The number of nitrogens with zero attached hydrogens (tertiary/aromatic N) is 1. The van der Waals surface area contributed by atoms with Crippen molar-refractivity contribution in [3.63, 3.8) is 0 Å². The fourth-order valence-corrected chi connectivity index (χ4v) is 6.50. The molecular formula is C24H18N4O5S2. The average Bonchev–Trinajstić information content (AvgIpc) is 3.17. The molecule has 0 aliphatic carbocycles. The van der Waals surface area contributed by atoms with E-state index in [1.165, 1.54) is 24.3 Å². The van der Waals surface area contributed by atoms with Crippen molar-refractivity contribution in [2.45, 2.75) is 11.1 Å². The zero-order valence-corrected chi connectivity index (χ0v) is 19.9. The first kappa shape index (κ1) is 22.6. The Morgan fingerprint density at radius 1 is 0.914 bits per heavy atom. The van der Waals surface area contributed by atoms with Gasteiger partial charge >= 0.3 is 11.7 Å². The number of rotatable bonds is 4. The molecule has 0 saturated carbocycles. The average molecular weight is 507 g/mol. The molecule has 0 spiro atoms. The normalized spacial score (nSPS) is 11.6. The number of aromatic nitrogens is 2. The van der Waals surface area contributed by atoms with Crippen LogP contribution in [0.15, 0.2) is 86.6 Å². The van der Waals surface area contributed by atoms with Crippen molar-refractivity contribution in [3.05, 3.63) is 99.2 Å². The zero-order valence-electron chi connectivity index (χ0n) is 18.2. The van der Waals surface area contributed by atoms with Crippen LogP contribution in [-0.2, 0) is 10.0 Å². The van der Waals surface area contributed by atoms with Gasteiger partial charge in [0.15, 0.2) is 0 Å². The molecule has 3 N–H and O–H groups in total. The van der Waals surface area contributed by atoms with Crippen LogP contribution in [0.5, 0.6) is 0 Å². The maximum atomic E-state index is 12.8. The number of urea groups is 1. The molecule has 0 aliphatic heterocycles. The van der Waals surface area contributed by atoms with Crippen LogP contribution >= 0.6 is 11.3 Å². The fourth-order valence-electron chi connectivity index (χ4n) is 3.82. The van der Waals surface area contributed by atoms with Crippen molar-refractivity contribution >= 4 is 54.1 Å². The van der Waals surface area contributed by atoms with E-state index in [1.54, 1.807) is 31.2 Å². The van der Waals surface area contributed by atoms with Crippen molar-refractivity contribution in [1.29, 1.82) is 0 Å². The van der Waals surface area contributed by atoms with E-state index >= 15 is 0 Å². The zero-order chi connectivity index (χ0) is 24.7. The topological polar surface area (TPSA) is 130 Å². The van der Waals surface area contributed by atoms with E-state index in [4.69, 9.17) is 0 Å². The smallest absolute Gasteiger partial charge is 0.307 e. The van der Waals surface area contributed by atoms with Gasteiger partial charge in [-0.25, -0.2) is 27.3 Å². The first-order chi connectivity index (χ1) is 16.7.